The van der Waals surface area contributed by atoms with Crippen LogP contribution in [0.25, 0.3) is 0 Å². The molecule has 0 bridgehead atoms. The molecule has 0 aliphatic rings. The number of carbonyl (C=O) groups excluding carboxylic acids is 2. The second kappa shape index (κ2) is 15.2. The second-order valence-corrected chi connectivity index (χ2v) is 13.2. The largest absolute Gasteiger partial charge is 0.354 e. The topological polar surface area (TPSA) is 86.8 Å². The van der Waals surface area contributed by atoms with Crippen LogP contribution in [0.2, 0.25) is 10.0 Å². The Balaban J connectivity index is 1.78. The average molecular weight is 653 g/mol. The molecule has 0 aliphatic heterocycles. The van der Waals surface area contributed by atoms with Crippen molar-refractivity contribution in [1.82, 2.24) is 10.2 Å². The van der Waals surface area contributed by atoms with E-state index in [1.807, 2.05) is 44.2 Å². The van der Waals surface area contributed by atoms with Crippen molar-refractivity contribution in [3.05, 3.63) is 130 Å². The van der Waals surface area contributed by atoms with Gasteiger partial charge in [0, 0.05) is 29.6 Å². The zero-order valence-corrected chi connectivity index (χ0v) is 26.9. The molecule has 0 unspecified atom stereocenters. The lowest BCUT2D eigenvalue weighted by atomic mass is 10.0. The summed E-state index contributed by atoms with van der Waals surface area (Å²) in [4.78, 5) is 29.5. The van der Waals surface area contributed by atoms with Gasteiger partial charge in [0.25, 0.3) is 10.0 Å². The Morgan fingerprint density at radius 1 is 0.795 bits per heavy atom. The normalized spacial score (nSPS) is 11.9. The highest BCUT2D eigenvalue weighted by atomic mass is 35.5. The Morgan fingerprint density at radius 3 is 1.98 bits per heavy atom. The first-order valence-electron chi connectivity index (χ1n) is 14.3. The maximum Gasteiger partial charge on any atom is 0.264 e. The van der Waals surface area contributed by atoms with Gasteiger partial charge in [0.1, 0.15) is 12.6 Å². The van der Waals surface area contributed by atoms with Gasteiger partial charge in [0.15, 0.2) is 0 Å². The first-order chi connectivity index (χ1) is 21.1. The molecule has 44 heavy (non-hydrogen) atoms. The Morgan fingerprint density at radius 2 is 1.39 bits per heavy atom. The van der Waals surface area contributed by atoms with Crippen molar-refractivity contribution in [2.75, 3.05) is 17.4 Å². The highest BCUT2D eigenvalue weighted by Gasteiger charge is 2.34. The predicted molar refractivity (Wildman–Crippen MR) is 176 cm³/mol. The summed E-state index contributed by atoms with van der Waals surface area (Å²) in [5.41, 5.74) is 2.86. The van der Waals surface area contributed by atoms with Crippen LogP contribution < -0.4 is 9.62 Å². The van der Waals surface area contributed by atoms with Crippen LogP contribution in [0.4, 0.5) is 5.69 Å². The summed E-state index contributed by atoms with van der Waals surface area (Å²) in [5, 5.41) is 3.86. The Hall–Kier alpha value is -3.85. The van der Waals surface area contributed by atoms with Gasteiger partial charge in [-0.05, 0) is 73.0 Å². The SMILES string of the molecule is CCCNC(=O)[C@H](Cc1ccccc1)N(Cc1ccc(Cl)cc1)C(=O)CN(c1ccc(C)cc1)S(=O)(=O)c1ccc(Cl)cc1. The fourth-order valence-electron chi connectivity index (χ4n) is 4.68. The van der Waals surface area contributed by atoms with Crippen molar-refractivity contribution in [2.45, 2.75) is 44.2 Å². The summed E-state index contributed by atoms with van der Waals surface area (Å²) >= 11 is 12.2. The number of halogens is 2. The van der Waals surface area contributed by atoms with E-state index in [0.29, 0.717) is 22.3 Å². The van der Waals surface area contributed by atoms with E-state index in [1.54, 1.807) is 48.5 Å². The van der Waals surface area contributed by atoms with Crippen molar-refractivity contribution in [3.63, 3.8) is 0 Å². The minimum atomic E-state index is -4.20. The van der Waals surface area contributed by atoms with Gasteiger partial charge in [-0.2, -0.15) is 0 Å². The third-order valence-corrected chi connectivity index (χ3v) is 9.38. The summed E-state index contributed by atoms with van der Waals surface area (Å²) in [6.45, 7) is 3.81. The van der Waals surface area contributed by atoms with Gasteiger partial charge in [-0.3, -0.25) is 13.9 Å². The van der Waals surface area contributed by atoms with Crippen molar-refractivity contribution in [2.24, 2.45) is 0 Å². The number of nitrogens with one attached hydrogen (secondary N) is 1. The smallest absolute Gasteiger partial charge is 0.264 e. The summed E-state index contributed by atoms with van der Waals surface area (Å²) < 4.78 is 29.2. The Bertz CT molecular complexity index is 1650. The number of sulfonamides is 1. The van der Waals surface area contributed by atoms with Gasteiger partial charge in [0.2, 0.25) is 11.8 Å². The summed E-state index contributed by atoms with van der Waals surface area (Å²) in [7, 11) is -4.20. The molecule has 0 aliphatic carbocycles. The number of carbonyl (C=O) groups is 2. The molecule has 0 radical (unpaired) electrons. The van der Waals surface area contributed by atoms with Crippen LogP contribution in [0.1, 0.15) is 30.0 Å². The molecule has 4 rings (SSSR count). The second-order valence-electron chi connectivity index (χ2n) is 10.4. The fraction of sp³-hybridized carbons (Fsp3) is 0.235. The fourth-order valence-corrected chi connectivity index (χ4v) is 6.35. The minimum absolute atomic E-state index is 0.0129. The van der Waals surface area contributed by atoms with Gasteiger partial charge in [-0.15, -0.1) is 0 Å². The molecule has 0 saturated carbocycles. The molecule has 0 fully saturated rings. The Kier molecular flexibility index (Phi) is 11.4. The first kappa shape index (κ1) is 33.1. The Labute approximate surface area is 269 Å². The molecule has 0 heterocycles. The van der Waals surface area contributed by atoms with Crippen LogP contribution in [-0.2, 0) is 32.6 Å². The quantitative estimate of drug-likeness (QED) is 0.175. The van der Waals surface area contributed by atoms with Crippen molar-refractivity contribution >= 4 is 50.7 Å². The van der Waals surface area contributed by atoms with E-state index < -0.39 is 28.5 Å². The molecule has 10 heteroatoms. The standard InChI is InChI=1S/C34H35Cl2N3O4S/c1-3-21-37-34(41)32(22-26-7-5-4-6-8-26)38(23-27-11-13-28(35)14-12-27)33(40)24-39(30-17-9-25(2)10-18-30)44(42,43)31-19-15-29(36)16-20-31/h4-20,32H,3,21-24H2,1-2H3,(H,37,41)/t32-/m0/s1. The monoisotopic (exact) mass is 651 g/mol. The van der Waals surface area contributed by atoms with E-state index in [4.69, 9.17) is 23.2 Å². The molecular weight excluding hydrogens is 617 g/mol. The number of nitrogens with zero attached hydrogens (tertiary/aromatic N) is 2. The van der Waals surface area contributed by atoms with Gasteiger partial charge < -0.3 is 10.2 Å². The molecule has 1 atom stereocenters. The third-order valence-electron chi connectivity index (χ3n) is 7.09. The molecule has 0 saturated heterocycles. The predicted octanol–water partition coefficient (Wildman–Crippen LogP) is 6.66. The van der Waals surface area contributed by atoms with Crippen LogP contribution in [-0.4, -0.2) is 44.3 Å². The van der Waals surface area contributed by atoms with Gasteiger partial charge in [-0.25, -0.2) is 8.42 Å². The maximum atomic E-state index is 14.4. The summed E-state index contributed by atoms with van der Waals surface area (Å²) in [6, 6.07) is 28.2. The van der Waals surface area contributed by atoms with E-state index >= 15 is 0 Å². The van der Waals surface area contributed by atoms with E-state index in [9.17, 15) is 18.0 Å². The zero-order chi connectivity index (χ0) is 31.7. The minimum Gasteiger partial charge on any atom is -0.354 e. The molecular formula is C34H35Cl2N3O4S. The van der Waals surface area contributed by atoms with E-state index in [1.165, 1.54) is 29.2 Å². The highest BCUT2D eigenvalue weighted by molar-refractivity contribution is 7.92. The lowest BCUT2D eigenvalue weighted by molar-refractivity contribution is -0.140. The molecule has 7 nitrogen and oxygen atoms in total. The summed E-state index contributed by atoms with van der Waals surface area (Å²) in [6.07, 6.45) is 0.958. The number of benzene rings is 4. The average Bonchev–Trinajstić information content (AvgIpc) is 3.02. The molecule has 2 amide bonds. The number of anilines is 1. The van der Waals surface area contributed by atoms with Crippen LogP contribution in [0.3, 0.4) is 0 Å². The highest BCUT2D eigenvalue weighted by Crippen LogP contribution is 2.26. The third kappa shape index (κ3) is 8.62. The van der Waals surface area contributed by atoms with Crippen LogP contribution in [0, 0.1) is 6.92 Å². The van der Waals surface area contributed by atoms with Crippen LogP contribution in [0.5, 0.6) is 0 Å². The van der Waals surface area contributed by atoms with E-state index in [0.717, 1.165) is 27.4 Å². The van der Waals surface area contributed by atoms with Gasteiger partial charge in [-0.1, -0.05) is 90.3 Å². The molecule has 1 N–H and O–H groups in total. The number of hydrogen-bond acceptors (Lipinski definition) is 4. The number of amides is 2. The molecule has 4 aromatic carbocycles. The summed E-state index contributed by atoms with van der Waals surface area (Å²) in [5.74, 6) is -0.855. The van der Waals surface area contributed by atoms with Gasteiger partial charge >= 0.3 is 0 Å². The molecule has 0 spiro atoms. The number of aryl methyl sites for hydroxylation is 1. The van der Waals surface area contributed by atoms with Crippen molar-refractivity contribution in [1.29, 1.82) is 0 Å². The van der Waals surface area contributed by atoms with Gasteiger partial charge in [0.05, 0.1) is 10.6 Å². The van der Waals surface area contributed by atoms with Crippen LogP contribution >= 0.6 is 23.2 Å². The maximum absolute atomic E-state index is 14.4. The van der Waals surface area contributed by atoms with Crippen LogP contribution in [0.15, 0.2) is 108 Å². The number of hydrogen-bond donors (Lipinski definition) is 1. The molecule has 4 aromatic rings. The first-order valence-corrected chi connectivity index (χ1v) is 16.5. The number of rotatable bonds is 13. The van der Waals surface area contributed by atoms with E-state index in [2.05, 4.69) is 5.32 Å². The molecule has 230 valence electrons. The van der Waals surface area contributed by atoms with E-state index in [-0.39, 0.29) is 23.8 Å². The van der Waals surface area contributed by atoms with Crippen molar-refractivity contribution < 1.29 is 18.0 Å². The molecule has 0 aromatic heterocycles. The van der Waals surface area contributed by atoms with Crippen molar-refractivity contribution in [3.8, 4) is 0 Å². The zero-order valence-electron chi connectivity index (χ0n) is 24.6. The lowest BCUT2D eigenvalue weighted by Gasteiger charge is -2.34. The lowest BCUT2D eigenvalue weighted by Crippen LogP contribution is -2.53.